The van der Waals surface area contributed by atoms with Crippen LogP contribution in [-0.4, -0.2) is 23.2 Å². The highest BCUT2D eigenvalue weighted by Crippen LogP contribution is 2.37. The van der Waals surface area contributed by atoms with Gasteiger partial charge in [-0.2, -0.15) is 4.98 Å². The minimum atomic E-state index is -0.0392. The molecule has 2 aromatic rings. The van der Waals surface area contributed by atoms with Crippen LogP contribution in [0.1, 0.15) is 43.1 Å². The van der Waals surface area contributed by atoms with Crippen LogP contribution in [-0.2, 0) is 24.7 Å². The van der Waals surface area contributed by atoms with E-state index in [9.17, 15) is 0 Å². The number of rotatable bonds is 4. The molecule has 1 aromatic heterocycles. The number of nitrogens with one attached hydrogen (secondary N) is 1. The Bertz CT molecular complexity index is 622. The molecule has 4 heteroatoms. The number of benzene rings is 1. The molecule has 1 heterocycles. The molecule has 4 nitrogen and oxygen atoms in total. The monoisotopic (exact) mass is 285 g/mol. The summed E-state index contributed by atoms with van der Waals surface area (Å²) in [6.07, 6.45) is 3.92. The van der Waals surface area contributed by atoms with Crippen LogP contribution in [0.4, 0.5) is 0 Å². The second-order valence-corrected chi connectivity index (χ2v) is 6.42. The van der Waals surface area contributed by atoms with Gasteiger partial charge in [0.15, 0.2) is 5.82 Å². The number of fused-ring (bicyclic) bond motifs is 1. The van der Waals surface area contributed by atoms with Crippen LogP contribution in [0.15, 0.2) is 28.8 Å². The van der Waals surface area contributed by atoms with Crippen LogP contribution in [0, 0.1) is 0 Å². The molecule has 0 fully saturated rings. The first-order valence-electron chi connectivity index (χ1n) is 7.68. The van der Waals surface area contributed by atoms with E-state index < -0.39 is 0 Å². The minimum Gasteiger partial charge on any atom is -0.339 e. The molecule has 2 atom stereocenters. The summed E-state index contributed by atoms with van der Waals surface area (Å²) in [5.74, 6) is 1.59. The topological polar surface area (TPSA) is 51.0 Å². The summed E-state index contributed by atoms with van der Waals surface area (Å²) in [6, 6.07) is 9.02. The first-order valence-corrected chi connectivity index (χ1v) is 7.68. The van der Waals surface area contributed by atoms with Crippen LogP contribution in [0.2, 0.25) is 0 Å². The lowest BCUT2D eigenvalue weighted by molar-refractivity contribution is 0.269. The van der Waals surface area contributed by atoms with E-state index in [2.05, 4.69) is 53.6 Å². The molecule has 0 spiro atoms. The summed E-state index contributed by atoms with van der Waals surface area (Å²) in [5.41, 5.74) is 2.83. The number of nitrogens with zero attached hydrogens (tertiary/aromatic N) is 2. The van der Waals surface area contributed by atoms with E-state index in [0.717, 1.165) is 37.4 Å². The Labute approximate surface area is 126 Å². The lowest BCUT2D eigenvalue weighted by atomic mass is 9.73. The average molecular weight is 285 g/mol. The largest absolute Gasteiger partial charge is 0.339 e. The molecular weight excluding hydrogens is 262 g/mol. The van der Waals surface area contributed by atoms with Crippen LogP contribution in [0.5, 0.6) is 0 Å². The number of likely N-dealkylation sites (N-methyl/N-ethyl adjacent to an activating group) is 1. The standard InChI is InChI=1S/C17H23N3O/c1-12(18-3)10-15-19-16(21-20-15)17(2)9-8-13-6-4-5-7-14(13)11-17/h4-7,12,18H,8-11H2,1-3H3. The maximum absolute atomic E-state index is 5.58. The van der Waals surface area contributed by atoms with Gasteiger partial charge < -0.3 is 9.84 Å². The zero-order chi connectivity index (χ0) is 14.9. The van der Waals surface area contributed by atoms with Gasteiger partial charge in [-0.15, -0.1) is 0 Å². The van der Waals surface area contributed by atoms with Gasteiger partial charge in [-0.1, -0.05) is 36.3 Å². The summed E-state index contributed by atoms with van der Waals surface area (Å²) < 4.78 is 5.58. The Hall–Kier alpha value is -1.68. The minimum absolute atomic E-state index is 0.0392. The number of aromatic nitrogens is 2. The molecule has 0 amide bonds. The van der Waals surface area contributed by atoms with Crippen LogP contribution in [0.25, 0.3) is 0 Å². The molecule has 3 rings (SSSR count). The smallest absolute Gasteiger partial charge is 0.232 e. The SMILES string of the molecule is CNC(C)Cc1noc(C2(C)CCc3ccccc3C2)n1. The van der Waals surface area contributed by atoms with Gasteiger partial charge >= 0.3 is 0 Å². The molecule has 0 radical (unpaired) electrons. The van der Waals surface area contributed by atoms with Crippen LogP contribution in [0.3, 0.4) is 0 Å². The maximum Gasteiger partial charge on any atom is 0.232 e. The summed E-state index contributed by atoms with van der Waals surface area (Å²) in [7, 11) is 1.95. The fraction of sp³-hybridized carbons (Fsp3) is 0.529. The van der Waals surface area contributed by atoms with Crippen molar-refractivity contribution in [2.24, 2.45) is 0 Å². The molecule has 112 valence electrons. The molecule has 1 N–H and O–H groups in total. The zero-order valence-corrected chi connectivity index (χ0v) is 13.0. The van der Waals surface area contributed by atoms with Gasteiger partial charge in [0, 0.05) is 12.5 Å². The quantitative estimate of drug-likeness (QED) is 0.938. The van der Waals surface area contributed by atoms with E-state index in [1.54, 1.807) is 0 Å². The Balaban J connectivity index is 1.81. The fourth-order valence-electron chi connectivity index (χ4n) is 3.03. The van der Waals surface area contributed by atoms with Crippen molar-refractivity contribution in [3.63, 3.8) is 0 Å². The van der Waals surface area contributed by atoms with Crippen molar-refractivity contribution in [3.8, 4) is 0 Å². The normalized spacial score (nSPS) is 22.8. The summed E-state index contributed by atoms with van der Waals surface area (Å²) >= 11 is 0. The van der Waals surface area contributed by atoms with Gasteiger partial charge in [0.05, 0.1) is 5.41 Å². The fourth-order valence-corrected chi connectivity index (χ4v) is 3.03. The molecule has 21 heavy (non-hydrogen) atoms. The Morgan fingerprint density at radius 1 is 1.33 bits per heavy atom. The maximum atomic E-state index is 5.58. The molecule has 0 bridgehead atoms. The molecule has 0 saturated heterocycles. The third-order valence-corrected chi connectivity index (χ3v) is 4.61. The Kier molecular flexibility index (Phi) is 3.81. The van der Waals surface area contributed by atoms with E-state index in [1.807, 2.05) is 7.05 Å². The molecule has 2 unspecified atom stereocenters. The van der Waals surface area contributed by atoms with Crippen molar-refractivity contribution in [2.45, 2.75) is 51.0 Å². The summed E-state index contributed by atoms with van der Waals surface area (Å²) in [5, 5.41) is 7.36. The molecular formula is C17H23N3O. The highest BCUT2D eigenvalue weighted by Gasteiger charge is 2.36. The Morgan fingerprint density at radius 2 is 2.10 bits per heavy atom. The molecule has 0 aliphatic heterocycles. The highest BCUT2D eigenvalue weighted by atomic mass is 16.5. The van der Waals surface area contributed by atoms with Gasteiger partial charge in [-0.25, -0.2) is 0 Å². The van der Waals surface area contributed by atoms with Crippen molar-refractivity contribution in [3.05, 3.63) is 47.1 Å². The van der Waals surface area contributed by atoms with Gasteiger partial charge in [-0.3, -0.25) is 0 Å². The van der Waals surface area contributed by atoms with E-state index in [-0.39, 0.29) is 5.41 Å². The highest BCUT2D eigenvalue weighted by molar-refractivity contribution is 5.33. The lowest BCUT2D eigenvalue weighted by Gasteiger charge is -2.31. The first-order chi connectivity index (χ1) is 10.1. The number of hydrogen-bond donors (Lipinski definition) is 1. The van der Waals surface area contributed by atoms with Crippen LogP contribution >= 0.6 is 0 Å². The first kappa shape index (κ1) is 14.3. The van der Waals surface area contributed by atoms with Crippen molar-refractivity contribution in [1.82, 2.24) is 15.5 Å². The van der Waals surface area contributed by atoms with E-state index in [1.165, 1.54) is 11.1 Å². The predicted molar refractivity (Wildman–Crippen MR) is 82.3 cm³/mol. The predicted octanol–water partition coefficient (Wildman–Crippen LogP) is 2.67. The van der Waals surface area contributed by atoms with Gasteiger partial charge in [0.2, 0.25) is 5.89 Å². The van der Waals surface area contributed by atoms with Gasteiger partial charge in [-0.05, 0) is 44.4 Å². The molecule has 0 saturated carbocycles. The number of hydrogen-bond acceptors (Lipinski definition) is 4. The van der Waals surface area contributed by atoms with Crippen molar-refractivity contribution >= 4 is 0 Å². The van der Waals surface area contributed by atoms with Gasteiger partial charge in [0.1, 0.15) is 0 Å². The molecule has 1 aliphatic carbocycles. The molecule has 1 aliphatic rings. The van der Waals surface area contributed by atoms with E-state index in [4.69, 9.17) is 4.52 Å². The van der Waals surface area contributed by atoms with Crippen molar-refractivity contribution in [2.75, 3.05) is 7.05 Å². The lowest BCUT2D eigenvalue weighted by Crippen LogP contribution is -2.30. The number of aryl methyl sites for hydroxylation is 1. The second kappa shape index (κ2) is 5.60. The third-order valence-electron chi connectivity index (χ3n) is 4.61. The molecule has 1 aromatic carbocycles. The van der Waals surface area contributed by atoms with E-state index in [0.29, 0.717) is 6.04 Å². The van der Waals surface area contributed by atoms with Crippen molar-refractivity contribution in [1.29, 1.82) is 0 Å². The van der Waals surface area contributed by atoms with Crippen molar-refractivity contribution < 1.29 is 4.52 Å². The Morgan fingerprint density at radius 3 is 2.86 bits per heavy atom. The summed E-state index contributed by atoms with van der Waals surface area (Å²) in [4.78, 5) is 4.65. The van der Waals surface area contributed by atoms with Gasteiger partial charge in [0.25, 0.3) is 0 Å². The summed E-state index contributed by atoms with van der Waals surface area (Å²) in [6.45, 7) is 4.36. The van der Waals surface area contributed by atoms with E-state index >= 15 is 0 Å². The third kappa shape index (κ3) is 2.86. The van der Waals surface area contributed by atoms with Crippen LogP contribution < -0.4 is 5.32 Å². The zero-order valence-electron chi connectivity index (χ0n) is 13.0. The second-order valence-electron chi connectivity index (χ2n) is 6.42. The average Bonchev–Trinajstić information content (AvgIpc) is 2.96.